The van der Waals surface area contributed by atoms with Crippen LogP contribution in [-0.2, 0) is 9.84 Å². The Morgan fingerprint density at radius 3 is 2.27 bits per heavy atom. The lowest BCUT2D eigenvalue weighted by Crippen LogP contribution is -2.18. The quantitative estimate of drug-likeness (QED) is 0.606. The van der Waals surface area contributed by atoms with E-state index in [2.05, 4.69) is 6.92 Å². The fraction of sp³-hybridized carbons (Fsp3) is 1.00. The van der Waals surface area contributed by atoms with E-state index in [-0.39, 0.29) is 12.3 Å². The first kappa shape index (κ1) is 10.9. The Labute approximate surface area is 68.9 Å². The molecule has 0 aromatic heterocycles. The van der Waals surface area contributed by atoms with Crippen LogP contribution in [0.25, 0.3) is 0 Å². The van der Waals surface area contributed by atoms with E-state index in [9.17, 15) is 8.42 Å². The van der Waals surface area contributed by atoms with Crippen molar-refractivity contribution >= 4 is 9.84 Å². The van der Waals surface area contributed by atoms with Crippen molar-refractivity contribution in [1.29, 1.82) is 0 Å². The molecule has 0 bridgehead atoms. The lowest BCUT2D eigenvalue weighted by atomic mass is 10.3. The summed E-state index contributed by atoms with van der Waals surface area (Å²) < 4.78 is 22.1. The van der Waals surface area contributed by atoms with Crippen LogP contribution in [0.4, 0.5) is 0 Å². The van der Waals surface area contributed by atoms with Gasteiger partial charge in [0.15, 0.2) is 9.84 Å². The largest absolute Gasteiger partial charge is 0.329 e. The topological polar surface area (TPSA) is 60.2 Å². The second-order valence-corrected chi connectivity index (χ2v) is 4.95. The van der Waals surface area contributed by atoms with Crippen LogP contribution in [0.2, 0.25) is 0 Å². The number of sulfone groups is 1. The zero-order valence-corrected chi connectivity index (χ0v) is 7.86. The molecule has 2 N–H and O–H groups in total. The molecular formula is C7H17NO2S. The Morgan fingerprint density at radius 1 is 1.18 bits per heavy atom. The van der Waals surface area contributed by atoms with Gasteiger partial charge in [-0.3, -0.25) is 0 Å². The van der Waals surface area contributed by atoms with Crippen molar-refractivity contribution in [2.24, 2.45) is 5.73 Å². The Hall–Kier alpha value is -0.0900. The van der Waals surface area contributed by atoms with E-state index in [1.165, 1.54) is 0 Å². The summed E-state index contributed by atoms with van der Waals surface area (Å²) in [5.74, 6) is 0.439. The molecule has 0 rings (SSSR count). The number of rotatable bonds is 6. The van der Waals surface area contributed by atoms with Crippen LogP contribution in [0.15, 0.2) is 0 Å². The van der Waals surface area contributed by atoms with Crippen LogP contribution >= 0.6 is 0 Å². The van der Waals surface area contributed by atoms with Crippen molar-refractivity contribution in [2.75, 3.05) is 18.1 Å². The van der Waals surface area contributed by atoms with E-state index in [4.69, 9.17) is 5.73 Å². The summed E-state index contributed by atoms with van der Waals surface area (Å²) in [7, 11) is -2.83. The van der Waals surface area contributed by atoms with E-state index in [0.717, 1.165) is 19.3 Å². The fourth-order valence-electron chi connectivity index (χ4n) is 0.854. The molecule has 0 radical (unpaired) electrons. The van der Waals surface area contributed by atoms with Crippen LogP contribution in [0.5, 0.6) is 0 Å². The standard InChI is InChI=1S/C7H17NO2S/c1-2-3-4-6-11(9,10)7-5-8/h2-8H2,1H3. The van der Waals surface area contributed by atoms with Gasteiger partial charge in [-0.2, -0.15) is 0 Å². The summed E-state index contributed by atoms with van der Waals surface area (Å²) in [6.07, 6.45) is 2.82. The first-order valence-electron chi connectivity index (χ1n) is 4.03. The van der Waals surface area contributed by atoms with Crippen LogP contribution in [0, 0.1) is 0 Å². The molecule has 0 heterocycles. The summed E-state index contributed by atoms with van der Waals surface area (Å²) in [6.45, 7) is 2.30. The van der Waals surface area contributed by atoms with Gasteiger partial charge in [0.05, 0.1) is 11.5 Å². The number of hydrogen-bond donors (Lipinski definition) is 1. The first-order valence-corrected chi connectivity index (χ1v) is 5.85. The number of unbranched alkanes of at least 4 members (excludes halogenated alkanes) is 2. The summed E-state index contributed by atoms with van der Waals surface area (Å²) in [4.78, 5) is 0. The SMILES string of the molecule is CCCCCS(=O)(=O)CCN. The highest BCUT2D eigenvalue weighted by Crippen LogP contribution is 1.99. The normalized spacial score (nSPS) is 11.8. The molecular weight excluding hydrogens is 162 g/mol. The van der Waals surface area contributed by atoms with Crippen molar-refractivity contribution in [2.45, 2.75) is 26.2 Å². The molecule has 0 amide bonds. The highest BCUT2D eigenvalue weighted by Gasteiger charge is 2.07. The van der Waals surface area contributed by atoms with Gasteiger partial charge in [0.25, 0.3) is 0 Å². The Morgan fingerprint density at radius 2 is 1.82 bits per heavy atom. The van der Waals surface area contributed by atoms with E-state index in [1.54, 1.807) is 0 Å². The summed E-state index contributed by atoms with van der Waals surface area (Å²) in [6, 6.07) is 0. The zero-order chi connectivity index (χ0) is 8.74. The van der Waals surface area contributed by atoms with Gasteiger partial charge in [-0.25, -0.2) is 8.42 Å². The number of nitrogens with two attached hydrogens (primary N) is 1. The molecule has 11 heavy (non-hydrogen) atoms. The van der Waals surface area contributed by atoms with Gasteiger partial charge in [-0.15, -0.1) is 0 Å². The van der Waals surface area contributed by atoms with Gasteiger partial charge in [0.2, 0.25) is 0 Å². The molecule has 0 aromatic rings. The second-order valence-electron chi connectivity index (χ2n) is 2.65. The minimum Gasteiger partial charge on any atom is -0.329 e. The average molecular weight is 179 g/mol. The second kappa shape index (κ2) is 5.55. The first-order chi connectivity index (χ1) is 5.12. The summed E-state index contributed by atoms with van der Waals surface area (Å²) in [5.41, 5.74) is 5.14. The smallest absolute Gasteiger partial charge is 0.151 e. The molecule has 0 spiro atoms. The zero-order valence-electron chi connectivity index (χ0n) is 7.04. The molecule has 0 saturated carbocycles. The molecule has 0 unspecified atom stereocenters. The lowest BCUT2D eigenvalue weighted by Gasteiger charge is -2.00. The maximum atomic E-state index is 11.0. The predicted octanol–water partition coefficient (Wildman–Crippen LogP) is 0.550. The van der Waals surface area contributed by atoms with E-state index in [1.807, 2.05) is 0 Å². The van der Waals surface area contributed by atoms with E-state index >= 15 is 0 Å². The highest BCUT2D eigenvalue weighted by atomic mass is 32.2. The van der Waals surface area contributed by atoms with Crippen LogP contribution in [-0.4, -0.2) is 26.5 Å². The third-order valence-corrected chi connectivity index (χ3v) is 3.26. The maximum Gasteiger partial charge on any atom is 0.151 e. The highest BCUT2D eigenvalue weighted by molar-refractivity contribution is 7.91. The van der Waals surface area contributed by atoms with Gasteiger partial charge >= 0.3 is 0 Å². The van der Waals surface area contributed by atoms with E-state index in [0.29, 0.717) is 5.75 Å². The van der Waals surface area contributed by atoms with Gasteiger partial charge in [-0.1, -0.05) is 19.8 Å². The number of hydrogen-bond acceptors (Lipinski definition) is 3. The van der Waals surface area contributed by atoms with E-state index < -0.39 is 9.84 Å². The molecule has 0 saturated heterocycles. The fourth-order valence-corrected chi connectivity index (χ4v) is 2.06. The molecule has 0 aliphatic heterocycles. The molecule has 0 aliphatic carbocycles. The molecule has 68 valence electrons. The van der Waals surface area contributed by atoms with Crippen molar-refractivity contribution in [3.8, 4) is 0 Å². The van der Waals surface area contributed by atoms with Gasteiger partial charge in [0.1, 0.15) is 0 Å². The Bertz CT molecular complexity index is 175. The summed E-state index contributed by atoms with van der Waals surface area (Å²) in [5, 5.41) is 0. The van der Waals surface area contributed by atoms with Crippen molar-refractivity contribution in [1.82, 2.24) is 0 Å². The molecule has 0 aliphatic rings. The van der Waals surface area contributed by atoms with Crippen LogP contribution in [0.1, 0.15) is 26.2 Å². The predicted molar refractivity (Wildman–Crippen MR) is 47.2 cm³/mol. The van der Waals surface area contributed by atoms with Crippen molar-refractivity contribution < 1.29 is 8.42 Å². The monoisotopic (exact) mass is 179 g/mol. The van der Waals surface area contributed by atoms with Crippen LogP contribution < -0.4 is 5.73 Å². The third kappa shape index (κ3) is 6.31. The third-order valence-electron chi connectivity index (χ3n) is 1.49. The Kier molecular flexibility index (Phi) is 5.50. The molecule has 0 atom stereocenters. The van der Waals surface area contributed by atoms with Gasteiger partial charge < -0.3 is 5.73 Å². The molecule has 3 nitrogen and oxygen atoms in total. The summed E-state index contributed by atoms with van der Waals surface area (Å²) >= 11 is 0. The van der Waals surface area contributed by atoms with Gasteiger partial charge in [0, 0.05) is 6.54 Å². The lowest BCUT2D eigenvalue weighted by molar-refractivity contribution is 0.591. The average Bonchev–Trinajstić information content (AvgIpc) is 1.87. The minimum atomic E-state index is -2.83. The molecule has 4 heteroatoms. The maximum absolute atomic E-state index is 11.0. The van der Waals surface area contributed by atoms with Crippen LogP contribution in [0.3, 0.4) is 0 Å². The Balaban J connectivity index is 3.56. The van der Waals surface area contributed by atoms with Gasteiger partial charge in [-0.05, 0) is 6.42 Å². The molecule has 0 aromatic carbocycles. The van der Waals surface area contributed by atoms with Crippen molar-refractivity contribution in [3.05, 3.63) is 0 Å². The van der Waals surface area contributed by atoms with Crippen molar-refractivity contribution in [3.63, 3.8) is 0 Å². The molecule has 0 fully saturated rings. The minimum absolute atomic E-state index is 0.136.